The van der Waals surface area contributed by atoms with Crippen molar-refractivity contribution in [3.63, 3.8) is 0 Å². The number of benzene rings is 1. The summed E-state index contributed by atoms with van der Waals surface area (Å²) in [5, 5.41) is 2.87. The van der Waals surface area contributed by atoms with Gasteiger partial charge in [-0.2, -0.15) is 0 Å². The normalized spacial score (nSPS) is 16.6. The van der Waals surface area contributed by atoms with Crippen molar-refractivity contribution in [1.82, 2.24) is 5.32 Å². The van der Waals surface area contributed by atoms with Crippen LogP contribution in [0.5, 0.6) is 0 Å². The second-order valence-electron chi connectivity index (χ2n) is 4.52. The highest BCUT2D eigenvalue weighted by atomic mass is 19.1. The standard InChI is InChI=1S/C13H17FN2O/c14-11-4-2-1-3-10(11)7-13(17)16-12(8-15)9-5-6-9/h1-4,9,12H,5-8,15H2,(H,16,17). The minimum Gasteiger partial charge on any atom is -0.352 e. The maximum Gasteiger partial charge on any atom is 0.224 e. The molecule has 0 aliphatic heterocycles. The van der Waals surface area contributed by atoms with Gasteiger partial charge in [0.15, 0.2) is 0 Å². The van der Waals surface area contributed by atoms with Crippen LogP contribution in [-0.2, 0) is 11.2 Å². The van der Waals surface area contributed by atoms with E-state index in [0.717, 1.165) is 12.8 Å². The van der Waals surface area contributed by atoms with Crippen LogP contribution in [-0.4, -0.2) is 18.5 Å². The first kappa shape index (κ1) is 12.0. The van der Waals surface area contributed by atoms with Gasteiger partial charge in [-0.1, -0.05) is 18.2 Å². The van der Waals surface area contributed by atoms with Crippen molar-refractivity contribution in [1.29, 1.82) is 0 Å². The zero-order valence-corrected chi connectivity index (χ0v) is 9.66. The summed E-state index contributed by atoms with van der Waals surface area (Å²) in [5.41, 5.74) is 6.02. The zero-order valence-electron chi connectivity index (χ0n) is 9.66. The molecule has 1 aliphatic rings. The molecule has 3 nitrogen and oxygen atoms in total. The summed E-state index contributed by atoms with van der Waals surface area (Å²) in [5.74, 6) is 0.0281. The lowest BCUT2D eigenvalue weighted by atomic mass is 10.1. The van der Waals surface area contributed by atoms with Gasteiger partial charge in [-0.05, 0) is 30.4 Å². The van der Waals surface area contributed by atoms with E-state index in [1.54, 1.807) is 18.2 Å². The van der Waals surface area contributed by atoms with Gasteiger partial charge in [0.05, 0.1) is 6.42 Å². The molecule has 1 aromatic rings. The molecule has 0 spiro atoms. The monoisotopic (exact) mass is 236 g/mol. The number of hydrogen-bond acceptors (Lipinski definition) is 2. The number of nitrogens with one attached hydrogen (secondary N) is 1. The Kier molecular flexibility index (Phi) is 3.74. The molecule has 0 aromatic heterocycles. The summed E-state index contributed by atoms with van der Waals surface area (Å²) < 4.78 is 13.3. The fourth-order valence-electron chi connectivity index (χ4n) is 1.94. The van der Waals surface area contributed by atoms with Gasteiger partial charge >= 0.3 is 0 Å². The van der Waals surface area contributed by atoms with Crippen LogP contribution in [0, 0.1) is 11.7 Å². The first-order valence-electron chi connectivity index (χ1n) is 5.93. The Morgan fingerprint density at radius 3 is 2.76 bits per heavy atom. The van der Waals surface area contributed by atoms with Crippen molar-refractivity contribution in [2.24, 2.45) is 11.7 Å². The van der Waals surface area contributed by atoms with E-state index in [1.807, 2.05) is 0 Å². The first-order valence-corrected chi connectivity index (χ1v) is 5.93. The van der Waals surface area contributed by atoms with Crippen molar-refractivity contribution in [2.75, 3.05) is 6.54 Å². The minimum absolute atomic E-state index is 0.0503. The van der Waals surface area contributed by atoms with Crippen molar-refractivity contribution in [3.8, 4) is 0 Å². The molecule has 0 heterocycles. The van der Waals surface area contributed by atoms with E-state index in [0.29, 0.717) is 18.0 Å². The Morgan fingerprint density at radius 2 is 2.18 bits per heavy atom. The lowest BCUT2D eigenvalue weighted by Crippen LogP contribution is -2.42. The highest BCUT2D eigenvalue weighted by molar-refractivity contribution is 5.79. The van der Waals surface area contributed by atoms with Crippen LogP contribution in [0.4, 0.5) is 4.39 Å². The Labute approximate surface area is 100 Å². The molecule has 92 valence electrons. The molecule has 2 rings (SSSR count). The lowest BCUT2D eigenvalue weighted by molar-refractivity contribution is -0.121. The molecule has 0 radical (unpaired) electrons. The molecule has 17 heavy (non-hydrogen) atoms. The molecular formula is C13H17FN2O. The zero-order chi connectivity index (χ0) is 12.3. The summed E-state index contributed by atoms with van der Waals surface area (Å²) in [6.07, 6.45) is 2.33. The van der Waals surface area contributed by atoms with E-state index >= 15 is 0 Å². The van der Waals surface area contributed by atoms with Gasteiger partial charge in [0.25, 0.3) is 0 Å². The number of carbonyl (C=O) groups is 1. The number of rotatable bonds is 5. The smallest absolute Gasteiger partial charge is 0.224 e. The van der Waals surface area contributed by atoms with E-state index in [2.05, 4.69) is 5.32 Å². The molecule has 3 N–H and O–H groups in total. The highest BCUT2D eigenvalue weighted by Gasteiger charge is 2.31. The SMILES string of the molecule is NCC(NC(=O)Cc1ccccc1F)C1CC1. The van der Waals surface area contributed by atoms with Gasteiger partial charge in [0.2, 0.25) is 5.91 Å². The topological polar surface area (TPSA) is 55.1 Å². The van der Waals surface area contributed by atoms with Gasteiger partial charge < -0.3 is 11.1 Å². The molecule has 1 fully saturated rings. The second-order valence-corrected chi connectivity index (χ2v) is 4.52. The fourth-order valence-corrected chi connectivity index (χ4v) is 1.94. The Balaban J connectivity index is 1.90. The number of hydrogen-bond donors (Lipinski definition) is 2. The number of amides is 1. The average molecular weight is 236 g/mol. The minimum atomic E-state index is -0.335. The van der Waals surface area contributed by atoms with Crippen LogP contribution in [0.15, 0.2) is 24.3 Å². The van der Waals surface area contributed by atoms with E-state index in [-0.39, 0.29) is 24.2 Å². The van der Waals surface area contributed by atoms with Crippen LogP contribution in [0.3, 0.4) is 0 Å². The number of carbonyl (C=O) groups excluding carboxylic acids is 1. The van der Waals surface area contributed by atoms with E-state index < -0.39 is 0 Å². The molecule has 1 atom stereocenters. The van der Waals surface area contributed by atoms with E-state index in [1.165, 1.54) is 6.07 Å². The molecule has 1 saturated carbocycles. The highest BCUT2D eigenvalue weighted by Crippen LogP contribution is 2.32. The van der Waals surface area contributed by atoms with E-state index in [9.17, 15) is 9.18 Å². The summed E-state index contributed by atoms with van der Waals surface area (Å²) in [6, 6.07) is 6.39. The maximum atomic E-state index is 13.3. The van der Waals surface area contributed by atoms with E-state index in [4.69, 9.17) is 5.73 Å². The van der Waals surface area contributed by atoms with Gasteiger partial charge in [-0.3, -0.25) is 4.79 Å². The molecule has 1 unspecified atom stereocenters. The third-order valence-corrected chi connectivity index (χ3v) is 3.10. The second kappa shape index (κ2) is 5.27. The summed E-state index contributed by atoms with van der Waals surface area (Å²) in [7, 11) is 0. The number of nitrogens with two attached hydrogens (primary N) is 1. The summed E-state index contributed by atoms with van der Waals surface area (Å²) in [4.78, 5) is 11.7. The molecule has 1 aromatic carbocycles. The van der Waals surface area contributed by atoms with Gasteiger partial charge in [0, 0.05) is 12.6 Å². The van der Waals surface area contributed by atoms with Crippen LogP contribution < -0.4 is 11.1 Å². The fraction of sp³-hybridized carbons (Fsp3) is 0.462. The predicted octanol–water partition coefficient (Wildman–Crippen LogP) is 1.22. The summed E-state index contributed by atoms with van der Waals surface area (Å²) >= 11 is 0. The van der Waals surface area contributed by atoms with Crippen LogP contribution >= 0.6 is 0 Å². The van der Waals surface area contributed by atoms with Crippen molar-refractivity contribution in [3.05, 3.63) is 35.6 Å². The third-order valence-electron chi connectivity index (χ3n) is 3.10. The van der Waals surface area contributed by atoms with Gasteiger partial charge in [-0.25, -0.2) is 4.39 Å². The molecular weight excluding hydrogens is 219 g/mol. The molecule has 1 aliphatic carbocycles. The Morgan fingerprint density at radius 1 is 1.47 bits per heavy atom. The third kappa shape index (κ3) is 3.27. The Bertz CT molecular complexity index is 404. The molecule has 1 amide bonds. The lowest BCUT2D eigenvalue weighted by Gasteiger charge is -2.16. The van der Waals surface area contributed by atoms with Crippen LogP contribution in [0.1, 0.15) is 18.4 Å². The molecule has 0 bridgehead atoms. The molecule has 0 saturated heterocycles. The van der Waals surface area contributed by atoms with Crippen molar-refractivity contribution < 1.29 is 9.18 Å². The van der Waals surface area contributed by atoms with Crippen molar-refractivity contribution >= 4 is 5.91 Å². The quantitative estimate of drug-likeness (QED) is 0.807. The maximum absolute atomic E-state index is 13.3. The predicted molar refractivity (Wildman–Crippen MR) is 63.8 cm³/mol. The average Bonchev–Trinajstić information content (AvgIpc) is 3.13. The van der Waals surface area contributed by atoms with Crippen LogP contribution in [0.2, 0.25) is 0 Å². The van der Waals surface area contributed by atoms with Gasteiger partial charge in [0.1, 0.15) is 5.82 Å². The Hall–Kier alpha value is -1.42. The van der Waals surface area contributed by atoms with Gasteiger partial charge in [-0.15, -0.1) is 0 Å². The number of halogens is 1. The largest absolute Gasteiger partial charge is 0.352 e. The van der Waals surface area contributed by atoms with Crippen LogP contribution in [0.25, 0.3) is 0 Å². The summed E-state index contributed by atoms with van der Waals surface area (Å²) in [6.45, 7) is 0.452. The first-order chi connectivity index (χ1) is 8.20. The molecule has 4 heteroatoms. The van der Waals surface area contributed by atoms with Crippen molar-refractivity contribution in [2.45, 2.75) is 25.3 Å².